The molecule has 3 rings (SSSR count). The number of alkyl halides is 9. The Morgan fingerprint density at radius 2 is 0.923 bits per heavy atom. The molecule has 39 heavy (non-hydrogen) atoms. The number of nitrogens with two attached hydrogens (primary N) is 2. The molecule has 0 radical (unpaired) electrons. The predicted molar refractivity (Wildman–Crippen MR) is 103 cm³/mol. The quantitative estimate of drug-likeness (QED) is 0.239. The summed E-state index contributed by atoms with van der Waals surface area (Å²) < 4.78 is 201. The van der Waals surface area contributed by atoms with Crippen molar-refractivity contribution in [2.24, 2.45) is 0 Å². The van der Waals surface area contributed by atoms with Gasteiger partial charge in [0.25, 0.3) is 0 Å². The lowest BCUT2D eigenvalue weighted by molar-refractivity contribution is -0.142. The first-order valence-electron chi connectivity index (χ1n) is 9.60. The van der Waals surface area contributed by atoms with Gasteiger partial charge in [0.15, 0.2) is 34.6 Å². The van der Waals surface area contributed by atoms with E-state index in [9.17, 15) is 57.1 Å². The highest BCUT2D eigenvalue weighted by molar-refractivity contribution is 5.57. The highest BCUT2D eigenvalue weighted by Gasteiger charge is 2.44. The molecule has 0 aromatic heterocycles. The third-order valence-corrected chi connectivity index (χ3v) is 4.75. The zero-order valence-corrected chi connectivity index (χ0v) is 18.1. The number of nitrogen functional groups attached to an aromatic ring is 2. The van der Waals surface area contributed by atoms with E-state index in [0.29, 0.717) is 0 Å². The van der Waals surface area contributed by atoms with Crippen molar-refractivity contribution >= 4 is 11.4 Å². The summed E-state index contributed by atoms with van der Waals surface area (Å²) in [6, 6.07) is -0.651. The van der Waals surface area contributed by atoms with E-state index in [0.717, 1.165) is 0 Å². The predicted octanol–water partition coefficient (Wildman–Crippen LogP) is 8.19. The van der Waals surface area contributed by atoms with Crippen LogP contribution in [0.3, 0.4) is 0 Å². The van der Waals surface area contributed by atoms with E-state index < -0.39 is 98.7 Å². The summed E-state index contributed by atoms with van der Waals surface area (Å²) in [7, 11) is 0. The van der Waals surface area contributed by atoms with Gasteiger partial charge >= 0.3 is 18.5 Å². The number of ether oxygens (including phenoxy) is 2. The second-order valence-electron chi connectivity index (χ2n) is 7.38. The van der Waals surface area contributed by atoms with Crippen molar-refractivity contribution in [3.8, 4) is 23.0 Å². The minimum atomic E-state index is -5.86. The monoisotopic (exact) mass is 586 g/mol. The minimum Gasteiger partial charge on any atom is -0.450 e. The Bertz CT molecular complexity index is 1450. The van der Waals surface area contributed by atoms with Crippen molar-refractivity contribution in [1.82, 2.24) is 0 Å². The zero-order chi connectivity index (χ0) is 29.8. The highest BCUT2D eigenvalue weighted by Crippen LogP contribution is 2.49. The van der Waals surface area contributed by atoms with Gasteiger partial charge in [-0.1, -0.05) is 0 Å². The molecule has 3 aromatic rings. The maximum absolute atomic E-state index is 15.1. The highest BCUT2D eigenvalue weighted by atomic mass is 19.4. The molecular formula is C21H8F14N2O2. The molecule has 0 amide bonds. The average molecular weight is 586 g/mol. The van der Waals surface area contributed by atoms with Crippen LogP contribution in [0.1, 0.15) is 16.7 Å². The normalized spacial score (nSPS) is 12.6. The van der Waals surface area contributed by atoms with Gasteiger partial charge in [-0.3, -0.25) is 0 Å². The number of rotatable bonds is 4. The Morgan fingerprint density at radius 3 is 1.31 bits per heavy atom. The van der Waals surface area contributed by atoms with Crippen molar-refractivity contribution in [3.63, 3.8) is 0 Å². The first-order chi connectivity index (χ1) is 17.7. The molecule has 0 heterocycles. The number of hydrogen-bond donors (Lipinski definition) is 2. The van der Waals surface area contributed by atoms with Crippen LogP contribution in [-0.2, 0) is 18.5 Å². The van der Waals surface area contributed by atoms with Crippen LogP contribution >= 0.6 is 0 Å². The number of anilines is 2. The van der Waals surface area contributed by atoms with Gasteiger partial charge in [0, 0.05) is 12.1 Å². The summed E-state index contributed by atoms with van der Waals surface area (Å²) in [5, 5.41) is 0. The Labute approximate surface area is 206 Å². The maximum Gasteiger partial charge on any atom is 0.422 e. The Balaban J connectivity index is 2.32. The lowest BCUT2D eigenvalue weighted by Gasteiger charge is -2.21. The average Bonchev–Trinajstić information content (AvgIpc) is 2.74. The molecule has 18 heteroatoms. The fraction of sp³-hybridized carbons (Fsp3) is 0.143. The van der Waals surface area contributed by atoms with E-state index in [2.05, 4.69) is 9.47 Å². The number of hydrogen-bond acceptors (Lipinski definition) is 4. The van der Waals surface area contributed by atoms with Crippen LogP contribution in [0.25, 0.3) is 0 Å². The molecule has 0 saturated carbocycles. The molecule has 0 atom stereocenters. The molecule has 0 aliphatic heterocycles. The molecule has 4 nitrogen and oxygen atoms in total. The van der Waals surface area contributed by atoms with E-state index in [1.54, 1.807) is 0 Å². The van der Waals surface area contributed by atoms with E-state index in [-0.39, 0.29) is 24.3 Å². The van der Waals surface area contributed by atoms with Crippen LogP contribution in [-0.4, -0.2) is 0 Å². The van der Waals surface area contributed by atoms with Gasteiger partial charge in [0.2, 0.25) is 5.82 Å². The summed E-state index contributed by atoms with van der Waals surface area (Å²) in [5.41, 5.74) is -0.259. The smallest absolute Gasteiger partial charge is 0.422 e. The largest absolute Gasteiger partial charge is 0.450 e. The van der Waals surface area contributed by atoms with Crippen molar-refractivity contribution in [3.05, 3.63) is 70.0 Å². The first kappa shape index (κ1) is 29.4. The van der Waals surface area contributed by atoms with Crippen molar-refractivity contribution in [2.75, 3.05) is 11.5 Å². The molecule has 0 bridgehead atoms. The first-order valence-corrected chi connectivity index (χ1v) is 9.60. The lowest BCUT2D eigenvalue weighted by atomic mass is 10.1. The number of benzene rings is 3. The molecule has 212 valence electrons. The third kappa shape index (κ3) is 5.53. The second kappa shape index (κ2) is 9.57. The van der Waals surface area contributed by atoms with Gasteiger partial charge in [0.1, 0.15) is 28.3 Å². The molecular weight excluding hydrogens is 578 g/mol. The van der Waals surface area contributed by atoms with Crippen LogP contribution in [0.2, 0.25) is 0 Å². The molecule has 0 spiro atoms. The van der Waals surface area contributed by atoms with Crippen molar-refractivity contribution in [1.29, 1.82) is 0 Å². The van der Waals surface area contributed by atoms with Gasteiger partial charge in [-0.2, -0.15) is 43.9 Å². The lowest BCUT2D eigenvalue weighted by Crippen LogP contribution is -2.15. The van der Waals surface area contributed by atoms with Crippen molar-refractivity contribution in [2.45, 2.75) is 18.5 Å². The van der Waals surface area contributed by atoms with Crippen LogP contribution in [0.15, 0.2) is 24.3 Å². The Kier molecular flexibility index (Phi) is 7.22. The van der Waals surface area contributed by atoms with E-state index in [1.165, 1.54) is 0 Å². The van der Waals surface area contributed by atoms with Gasteiger partial charge in [0.05, 0.1) is 11.4 Å². The summed E-state index contributed by atoms with van der Waals surface area (Å²) in [6.45, 7) is 0. The SMILES string of the molecule is Nc1cc(F)c(C(F)(F)F)c(Oc2ccc(C(F)(F)F)c(Oc3c(F)c(N)cc(F)c3C(F)(F)F)c2F)c1F. The zero-order valence-electron chi connectivity index (χ0n) is 18.1. The van der Waals surface area contributed by atoms with E-state index in [4.69, 9.17) is 11.5 Å². The van der Waals surface area contributed by atoms with Crippen LogP contribution in [0.4, 0.5) is 72.8 Å². The summed E-state index contributed by atoms with van der Waals surface area (Å²) in [6.07, 6.45) is -17.3. The van der Waals surface area contributed by atoms with E-state index in [1.807, 2.05) is 0 Å². The fourth-order valence-electron chi connectivity index (χ4n) is 3.11. The Hall–Kier alpha value is -4.12. The molecule has 0 saturated heterocycles. The standard InChI is InChI=1S/C21H8F14N2O2/c22-6-3-8(36)13(24)17(11(6)20(30,31)32)38-10-2-1-5(19(27,28)29)16(15(10)26)39-18-12(21(33,34)35)7(23)4-9(37)14(18)25/h1-4H,36-37H2. The molecule has 0 aliphatic carbocycles. The van der Waals surface area contributed by atoms with E-state index >= 15 is 4.39 Å². The van der Waals surface area contributed by atoms with Gasteiger partial charge in [-0.05, 0) is 12.1 Å². The molecule has 3 aromatic carbocycles. The summed E-state index contributed by atoms with van der Waals surface area (Å²) >= 11 is 0. The maximum atomic E-state index is 15.1. The second-order valence-corrected chi connectivity index (χ2v) is 7.38. The molecule has 0 unspecified atom stereocenters. The molecule has 0 aliphatic rings. The topological polar surface area (TPSA) is 70.5 Å². The molecule has 0 fully saturated rings. The third-order valence-electron chi connectivity index (χ3n) is 4.75. The van der Waals surface area contributed by atoms with Crippen LogP contribution in [0.5, 0.6) is 23.0 Å². The van der Waals surface area contributed by atoms with Gasteiger partial charge in [-0.15, -0.1) is 0 Å². The minimum absolute atomic E-state index is 0.0767. The van der Waals surface area contributed by atoms with Crippen LogP contribution < -0.4 is 20.9 Å². The summed E-state index contributed by atoms with van der Waals surface area (Å²) in [5.74, 6) is -20.4. The number of halogens is 14. The van der Waals surface area contributed by atoms with Gasteiger partial charge < -0.3 is 20.9 Å². The Morgan fingerprint density at radius 1 is 0.513 bits per heavy atom. The summed E-state index contributed by atoms with van der Waals surface area (Å²) in [4.78, 5) is 0. The fourth-order valence-corrected chi connectivity index (χ4v) is 3.11. The molecule has 4 N–H and O–H groups in total. The van der Waals surface area contributed by atoms with Crippen molar-refractivity contribution < 1.29 is 70.9 Å². The van der Waals surface area contributed by atoms with Gasteiger partial charge in [-0.25, -0.2) is 17.6 Å². The van der Waals surface area contributed by atoms with Crippen LogP contribution in [0, 0.1) is 29.1 Å².